The predicted molar refractivity (Wildman–Crippen MR) is 79.5 cm³/mol. The molecule has 0 aromatic heterocycles. The molecule has 1 atom stereocenters. The van der Waals surface area contributed by atoms with E-state index in [1.54, 1.807) is 12.1 Å². The maximum atomic E-state index is 12.8. The average Bonchev–Trinajstić information content (AvgIpc) is 2.49. The minimum atomic E-state index is -0.279. The molecule has 116 valence electrons. The SMILES string of the molecule is CC(CNC(=O)Cc1ccc(F)cc1)CN1CCOCC1. The summed E-state index contributed by atoms with van der Waals surface area (Å²) in [6.07, 6.45) is 0.296. The quantitative estimate of drug-likeness (QED) is 0.863. The minimum absolute atomic E-state index is 0.0181. The second-order valence-corrected chi connectivity index (χ2v) is 5.63. The second-order valence-electron chi connectivity index (χ2n) is 5.63. The van der Waals surface area contributed by atoms with Crippen molar-refractivity contribution in [2.75, 3.05) is 39.4 Å². The molecule has 1 fully saturated rings. The Bertz CT molecular complexity index is 444. The van der Waals surface area contributed by atoms with Gasteiger partial charge in [0.15, 0.2) is 0 Å². The molecule has 1 N–H and O–H groups in total. The van der Waals surface area contributed by atoms with E-state index in [9.17, 15) is 9.18 Å². The van der Waals surface area contributed by atoms with Gasteiger partial charge >= 0.3 is 0 Å². The summed E-state index contributed by atoms with van der Waals surface area (Å²) in [7, 11) is 0. The highest BCUT2D eigenvalue weighted by molar-refractivity contribution is 5.78. The van der Waals surface area contributed by atoms with Gasteiger partial charge in [-0.25, -0.2) is 4.39 Å². The molecule has 1 amide bonds. The number of carbonyl (C=O) groups is 1. The number of nitrogens with one attached hydrogen (secondary N) is 1. The molecule has 5 heteroatoms. The average molecular weight is 294 g/mol. The van der Waals surface area contributed by atoms with Crippen LogP contribution in [-0.4, -0.2) is 50.2 Å². The fraction of sp³-hybridized carbons (Fsp3) is 0.562. The molecule has 0 bridgehead atoms. The molecule has 1 heterocycles. The lowest BCUT2D eigenvalue weighted by Gasteiger charge is -2.29. The molecule has 2 rings (SSSR count). The van der Waals surface area contributed by atoms with Crippen LogP contribution in [0.2, 0.25) is 0 Å². The zero-order valence-corrected chi connectivity index (χ0v) is 12.5. The second kappa shape index (κ2) is 8.10. The lowest BCUT2D eigenvalue weighted by Crippen LogP contribution is -2.41. The summed E-state index contributed by atoms with van der Waals surface area (Å²) < 4.78 is 18.1. The molecule has 1 aromatic carbocycles. The van der Waals surface area contributed by atoms with Crippen molar-refractivity contribution in [3.05, 3.63) is 35.6 Å². The van der Waals surface area contributed by atoms with Gasteiger partial charge in [-0.15, -0.1) is 0 Å². The zero-order chi connectivity index (χ0) is 15.1. The molecule has 1 unspecified atom stereocenters. The van der Waals surface area contributed by atoms with E-state index in [4.69, 9.17) is 4.74 Å². The van der Waals surface area contributed by atoms with E-state index in [1.807, 2.05) is 0 Å². The normalized spacial score (nSPS) is 17.4. The monoisotopic (exact) mass is 294 g/mol. The number of amides is 1. The zero-order valence-electron chi connectivity index (χ0n) is 12.5. The first-order valence-electron chi connectivity index (χ1n) is 7.45. The summed E-state index contributed by atoms with van der Waals surface area (Å²) in [4.78, 5) is 14.2. The first-order chi connectivity index (χ1) is 10.1. The number of halogens is 1. The topological polar surface area (TPSA) is 41.6 Å². The van der Waals surface area contributed by atoms with Crippen LogP contribution in [0.25, 0.3) is 0 Å². The summed E-state index contributed by atoms with van der Waals surface area (Å²) in [5.41, 5.74) is 0.828. The van der Waals surface area contributed by atoms with E-state index in [0.29, 0.717) is 18.9 Å². The number of carbonyl (C=O) groups excluding carboxylic acids is 1. The third-order valence-electron chi connectivity index (χ3n) is 3.60. The van der Waals surface area contributed by atoms with Gasteiger partial charge in [-0.05, 0) is 23.6 Å². The van der Waals surface area contributed by atoms with Crippen molar-refractivity contribution in [3.8, 4) is 0 Å². The van der Waals surface area contributed by atoms with Gasteiger partial charge in [-0.3, -0.25) is 9.69 Å². The standard InChI is InChI=1S/C16H23FN2O2/c1-13(12-19-6-8-21-9-7-19)11-18-16(20)10-14-2-4-15(17)5-3-14/h2-5,13H,6-12H2,1H3,(H,18,20). The molecule has 1 aliphatic heterocycles. The maximum absolute atomic E-state index is 12.8. The van der Waals surface area contributed by atoms with Crippen molar-refractivity contribution in [1.82, 2.24) is 10.2 Å². The summed E-state index contributed by atoms with van der Waals surface area (Å²) in [6, 6.07) is 6.05. The first kappa shape index (κ1) is 15.9. The summed E-state index contributed by atoms with van der Waals surface area (Å²) in [6.45, 7) is 7.29. The Morgan fingerprint density at radius 3 is 2.67 bits per heavy atom. The van der Waals surface area contributed by atoms with Crippen molar-refractivity contribution in [2.45, 2.75) is 13.3 Å². The lowest BCUT2D eigenvalue weighted by molar-refractivity contribution is -0.120. The van der Waals surface area contributed by atoms with Gasteiger partial charge in [0.2, 0.25) is 5.91 Å². The molecular formula is C16H23FN2O2. The molecule has 4 nitrogen and oxygen atoms in total. The van der Waals surface area contributed by atoms with E-state index in [-0.39, 0.29) is 11.7 Å². The van der Waals surface area contributed by atoms with Crippen LogP contribution in [0.3, 0.4) is 0 Å². The van der Waals surface area contributed by atoms with Crippen molar-refractivity contribution in [1.29, 1.82) is 0 Å². The number of rotatable bonds is 6. The molecule has 0 spiro atoms. The van der Waals surface area contributed by atoms with Crippen LogP contribution in [0, 0.1) is 11.7 Å². The third kappa shape index (κ3) is 5.81. The molecule has 21 heavy (non-hydrogen) atoms. The van der Waals surface area contributed by atoms with Crippen LogP contribution in [0.4, 0.5) is 4.39 Å². The number of ether oxygens (including phenoxy) is 1. The van der Waals surface area contributed by atoms with E-state index in [2.05, 4.69) is 17.1 Å². The summed E-state index contributed by atoms with van der Waals surface area (Å²) >= 11 is 0. The highest BCUT2D eigenvalue weighted by Crippen LogP contribution is 2.05. The Labute approximate surface area is 125 Å². The van der Waals surface area contributed by atoms with Gasteiger partial charge in [0.25, 0.3) is 0 Å². The van der Waals surface area contributed by atoms with Crippen molar-refractivity contribution >= 4 is 5.91 Å². The lowest BCUT2D eigenvalue weighted by atomic mass is 10.1. The van der Waals surface area contributed by atoms with E-state index in [1.165, 1.54) is 12.1 Å². The van der Waals surface area contributed by atoms with Gasteiger partial charge in [0.05, 0.1) is 19.6 Å². The fourth-order valence-corrected chi connectivity index (χ4v) is 2.43. The highest BCUT2D eigenvalue weighted by Gasteiger charge is 2.14. The van der Waals surface area contributed by atoms with Crippen molar-refractivity contribution < 1.29 is 13.9 Å². The van der Waals surface area contributed by atoms with Crippen LogP contribution < -0.4 is 5.32 Å². The molecule has 0 radical (unpaired) electrons. The molecule has 1 aliphatic rings. The number of hydrogen-bond donors (Lipinski definition) is 1. The highest BCUT2D eigenvalue weighted by atomic mass is 19.1. The van der Waals surface area contributed by atoms with E-state index < -0.39 is 0 Å². The Balaban J connectivity index is 1.66. The van der Waals surface area contributed by atoms with Gasteiger partial charge < -0.3 is 10.1 Å². The number of benzene rings is 1. The van der Waals surface area contributed by atoms with E-state index >= 15 is 0 Å². The molecule has 0 saturated carbocycles. The predicted octanol–water partition coefficient (Wildman–Crippen LogP) is 1.45. The molecule has 0 aliphatic carbocycles. The van der Waals surface area contributed by atoms with Gasteiger partial charge in [0, 0.05) is 26.2 Å². The van der Waals surface area contributed by atoms with Crippen LogP contribution in [-0.2, 0) is 16.0 Å². The number of hydrogen-bond acceptors (Lipinski definition) is 3. The Hall–Kier alpha value is -1.46. The smallest absolute Gasteiger partial charge is 0.224 e. The van der Waals surface area contributed by atoms with Crippen molar-refractivity contribution in [2.24, 2.45) is 5.92 Å². The van der Waals surface area contributed by atoms with Gasteiger partial charge in [0.1, 0.15) is 5.82 Å². The Morgan fingerprint density at radius 1 is 1.33 bits per heavy atom. The van der Waals surface area contributed by atoms with Crippen LogP contribution in [0.5, 0.6) is 0 Å². The summed E-state index contributed by atoms with van der Waals surface area (Å²) in [5.74, 6) is 0.106. The largest absolute Gasteiger partial charge is 0.379 e. The van der Waals surface area contributed by atoms with E-state index in [0.717, 1.165) is 38.4 Å². The van der Waals surface area contributed by atoms with Crippen molar-refractivity contribution in [3.63, 3.8) is 0 Å². The summed E-state index contributed by atoms with van der Waals surface area (Å²) in [5, 5.41) is 2.94. The van der Waals surface area contributed by atoms with Crippen LogP contribution >= 0.6 is 0 Å². The van der Waals surface area contributed by atoms with Gasteiger partial charge in [-0.1, -0.05) is 19.1 Å². The number of morpholine rings is 1. The fourth-order valence-electron chi connectivity index (χ4n) is 2.43. The Morgan fingerprint density at radius 2 is 2.00 bits per heavy atom. The number of nitrogens with zero attached hydrogens (tertiary/aromatic N) is 1. The maximum Gasteiger partial charge on any atom is 0.224 e. The molecule has 1 aromatic rings. The molecular weight excluding hydrogens is 271 g/mol. The minimum Gasteiger partial charge on any atom is -0.379 e. The third-order valence-corrected chi connectivity index (χ3v) is 3.60. The first-order valence-corrected chi connectivity index (χ1v) is 7.45. The van der Waals surface area contributed by atoms with Crippen LogP contribution in [0.15, 0.2) is 24.3 Å². The molecule has 1 saturated heterocycles. The Kier molecular flexibility index (Phi) is 6.14. The van der Waals surface area contributed by atoms with Gasteiger partial charge in [-0.2, -0.15) is 0 Å². The van der Waals surface area contributed by atoms with Crippen LogP contribution in [0.1, 0.15) is 12.5 Å².